The Morgan fingerprint density at radius 1 is 1.06 bits per heavy atom. The maximum absolute atomic E-state index is 12.6. The zero-order chi connectivity index (χ0) is 22.6. The fraction of sp³-hybridized carbons (Fsp3) is 0.364. The Kier molecular flexibility index (Phi) is 6.98. The number of anilines is 2. The molecular weight excluding hydrogens is 450 g/mol. The number of hydrogen-bond acceptors (Lipinski definition) is 6. The van der Waals surface area contributed by atoms with Gasteiger partial charge in [0.2, 0.25) is 5.91 Å². The van der Waals surface area contributed by atoms with Crippen LogP contribution in [-0.2, 0) is 14.8 Å². The number of carbonyl (C=O) groups is 1. The minimum atomic E-state index is -3.72. The van der Waals surface area contributed by atoms with E-state index in [0.717, 1.165) is 38.3 Å². The second-order valence-corrected chi connectivity index (χ2v) is 9.98. The van der Waals surface area contributed by atoms with E-state index in [-0.39, 0.29) is 17.3 Å². The van der Waals surface area contributed by atoms with Crippen molar-refractivity contribution in [3.8, 4) is 0 Å². The maximum Gasteiger partial charge on any atom is 0.262 e. The van der Waals surface area contributed by atoms with Crippen LogP contribution in [0.3, 0.4) is 0 Å². The smallest absolute Gasteiger partial charge is 0.262 e. The van der Waals surface area contributed by atoms with E-state index in [2.05, 4.69) is 24.8 Å². The van der Waals surface area contributed by atoms with Gasteiger partial charge < -0.3 is 10.2 Å². The molecule has 4 rings (SSSR count). The lowest BCUT2D eigenvalue weighted by molar-refractivity contribution is -0.117. The van der Waals surface area contributed by atoms with Gasteiger partial charge in [0.15, 0.2) is 0 Å². The van der Waals surface area contributed by atoms with E-state index in [1.54, 1.807) is 12.1 Å². The Balaban J connectivity index is 1.30. The lowest BCUT2D eigenvalue weighted by Gasteiger charge is -2.35. The number of aliphatic imine (C=N–C) groups is 1. The molecule has 170 valence electrons. The van der Waals surface area contributed by atoms with Crippen LogP contribution in [0.5, 0.6) is 0 Å². The first-order chi connectivity index (χ1) is 15.4. The first-order valence-corrected chi connectivity index (χ1v) is 12.4. The molecule has 1 saturated heterocycles. The van der Waals surface area contributed by atoms with E-state index >= 15 is 0 Å². The highest BCUT2D eigenvalue weighted by atomic mass is 35.5. The Bertz CT molecular complexity index is 1110. The van der Waals surface area contributed by atoms with Gasteiger partial charge in [-0.25, -0.2) is 8.42 Å². The summed E-state index contributed by atoms with van der Waals surface area (Å²) in [6.07, 6.45) is 1.47. The van der Waals surface area contributed by atoms with Crippen molar-refractivity contribution >= 4 is 44.7 Å². The molecule has 0 unspecified atom stereocenters. The van der Waals surface area contributed by atoms with E-state index in [0.29, 0.717) is 29.5 Å². The maximum atomic E-state index is 12.6. The monoisotopic (exact) mass is 475 g/mol. The zero-order valence-electron chi connectivity index (χ0n) is 17.6. The molecule has 2 aromatic rings. The fourth-order valence-corrected chi connectivity index (χ4v) is 5.14. The van der Waals surface area contributed by atoms with Gasteiger partial charge in [0, 0.05) is 55.5 Å². The van der Waals surface area contributed by atoms with E-state index in [1.165, 1.54) is 12.1 Å². The molecule has 10 heteroatoms. The second-order valence-electron chi connectivity index (χ2n) is 7.86. The minimum Gasteiger partial charge on any atom is -0.369 e. The molecule has 0 saturated carbocycles. The third kappa shape index (κ3) is 5.79. The summed E-state index contributed by atoms with van der Waals surface area (Å²) in [5.41, 5.74) is 1.53. The van der Waals surface area contributed by atoms with Gasteiger partial charge in [-0.2, -0.15) is 0 Å². The summed E-state index contributed by atoms with van der Waals surface area (Å²) >= 11 is 6.08. The van der Waals surface area contributed by atoms with Crippen LogP contribution in [0.25, 0.3) is 0 Å². The summed E-state index contributed by atoms with van der Waals surface area (Å²) in [6.45, 7) is 3.99. The van der Waals surface area contributed by atoms with Crippen molar-refractivity contribution in [2.45, 2.75) is 17.7 Å². The van der Waals surface area contributed by atoms with Gasteiger partial charge >= 0.3 is 0 Å². The normalized spacial score (nSPS) is 17.2. The van der Waals surface area contributed by atoms with Crippen LogP contribution in [0, 0.1) is 0 Å². The van der Waals surface area contributed by atoms with Crippen molar-refractivity contribution in [2.24, 2.45) is 4.99 Å². The number of rotatable bonds is 6. The molecule has 0 bridgehead atoms. The van der Waals surface area contributed by atoms with Crippen LogP contribution in [-0.4, -0.2) is 64.3 Å². The van der Waals surface area contributed by atoms with Crippen LogP contribution in [0.1, 0.15) is 12.8 Å². The van der Waals surface area contributed by atoms with Crippen molar-refractivity contribution in [3.05, 3.63) is 53.6 Å². The van der Waals surface area contributed by atoms with Crippen molar-refractivity contribution in [1.82, 2.24) is 9.62 Å². The summed E-state index contributed by atoms with van der Waals surface area (Å²) in [5.74, 6) is 0.306. The van der Waals surface area contributed by atoms with Gasteiger partial charge in [0.05, 0.1) is 11.4 Å². The van der Waals surface area contributed by atoms with Crippen LogP contribution >= 0.6 is 11.6 Å². The van der Waals surface area contributed by atoms with Gasteiger partial charge in [0.1, 0.15) is 5.84 Å². The number of piperazine rings is 1. The molecule has 1 fully saturated rings. The predicted octanol–water partition coefficient (Wildman–Crippen LogP) is 2.57. The lowest BCUT2D eigenvalue weighted by atomic mass is 10.2. The SMILES string of the molecule is O=C(CN1CCN(c2cccc(Cl)c2)CC1)Nc1cccc(S(=O)(=O)NC2=NCCC2)c1. The third-order valence-corrected chi connectivity index (χ3v) is 7.08. The third-order valence-electron chi connectivity index (χ3n) is 5.47. The fourth-order valence-electron chi connectivity index (χ4n) is 3.82. The quantitative estimate of drug-likeness (QED) is 0.669. The Morgan fingerprint density at radius 2 is 1.84 bits per heavy atom. The molecule has 32 heavy (non-hydrogen) atoms. The second kappa shape index (κ2) is 9.89. The summed E-state index contributed by atoms with van der Waals surface area (Å²) in [4.78, 5) is 21.1. The van der Waals surface area contributed by atoms with Crippen molar-refractivity contribution < 1.29 is 13.2 Å². The predicted molar refractivity (Wildman–Crippen MR) is 127 cm³/mol. The number of amidine groups is 1. The zero-order valence-corrected chi connectivity index (χ0v) is 19.2. The number of halogens is 1. The van der Waals surface area contributed by atoms with Gasteiger partial charge in [0.25, 0.3) is 10.0 Å². The highest BCUT2D eigenvalue weighted by molar-refractivity contribution is 7.90. The molecule has 0 atom stereocenters. The molecule has 2 heterocycles. The van der Waals surface area contributed by atoms with Gasteiger partial charge in [-0.1, -0.05) is 23.7 Å². The Hall–Kier alpha value is -2.62. The highest BCUT2D eigenvalue weighted by Crippen LogP contribution is 2.21. The first kappa shape index (κ1) is 22.6. The topological polar surface area (TPSA) is 94.1 Å². The lowest BCUT2D eigenvalue weighted by Crippen LogP contribution is -2.48. The van der Waals surface area contributed by atoms with E-state index in [1.807, 2.05) is 24.3 Å². The number of hydrogen-bond donors (Lipinski definition) is 2. The average molecular weight is 476 g/mol. The molecule has 0 aliphatic carbocycles. The van der Waals surface area contributed by atoms with Crippen molar-refractivity contribution in [3.63, 3.8) is 0 Å². The van der Waals surface area contributed by atoms with Crippen LogP contribution < -0.4 is 14.9 Å². The van der Waals surface area contributed by atoms with E-state index < -0.39 is 10.0 Å². The molecule has 0 aromatic heterocycles. The van der Waals surface area contributed by atoms with Crippen molar-refractivity contribution in [2.75, 3.05) is 49.5 Å². The van der Waals surface area contributed by atoms with Crippen molar-refractivity contribution in [1.29, 1.82) is 0 Å². The summed E-state index contributed by atoms with van der Waals surface area (Å²) in [5, 5.41) is 3.52. The van der Waals surface area contributed by atoms with Crippen LogP contribution in [0.2, 0.25) is 5.02 Å². The van der Waals surface area contributed by atoms with Crippen LogP contribution in [0.15, 0.2) is 58.4 Å². The van der Waals surface area contributed by atoms with Gasteiger partial charge in [-0.15, -0.1) is 0 Å². The first-order valence-electron chi connectivity index (χ1n) is 10.6. The van der Waals surface area contributed by atoms with Crippen LogP contribution in [0.4, 0.5) is 11.4 Å². The number of amides is 1. The van der Waals surface area contributed by atoms with Gasteiger partial charge in [-0.05, 0) is 42.8 Å². The molecule has 1 amide bonds. The van der Waals surface area contributed by atoms with Gasteiger partial charge in [-0.3, -0.25) is 19.4 Å². The number of sulfonamides is 1. The summed E-state index contributed by atoms with van der Waals surface area (Å²) in [6, 6.07) is 14.0. The number of benzene rings is 2. The molecule has 0 radical (unpaired) electrons. The Labute approximate surface area is 193 Å². The summed E-state index contributed by atoms with van der Waals surface area (Å²) < 4.78 is 27.7. The molecular formula is C22H26ClN5O3S. The standard InChI is InChI=1S/C22H26ClN5O3S/c23-17-4-1-6-19(14-17)28-12-10-27(11-13-28)16-22(29)25-18-5-2-7-20(15-18)32(30,31)26-21-8-3-9-24-21/h1-2,4-7,14-15H,3,8-13,16H2,(H,24,26)(H,25,29). The number of nitrogens with one attached hydrogen (secondary N) is 2. The summed E-state index contributed by atoms with van der Waals surface area (Å²) in [7, 11) is -3.72. The molecule has 2 aliphatic heterocycles. The van der Waals surface area contributed by atoms with E-state index in [4.69, 9.17) is 11.6 Å². The highest BCUT2D eigenvalue weighted by Gasteiger charge is 2.21. The largest absolute Gasteiger partial charge is 0.369 e. The molecule has 2 aliphatic rings. The average Bonchev–Trinajstić information content (AvgIpc) is 3.27. The molecule has 2 aromatic carbocycles. The molecule has 0 spiro atoms. The molecule has 2 N–H and O–H groups in total. The molecule has 8 nitrogen and oxygen atoms in total. The number of nitrogens with zero attached hydrogens (tertiary/aromatic N) is 3. The minimum absolute atomic E-state index is 0.0973. The van der Waals surface area contributed by atoms with E-state index in [9.17, 15) is 13.2 Å². The number of carbonyl (C=O) groups excluding carboxylic acids is 1. The Morgan fingerprint density at radius 3 is 2.56 bits per heavy atom.